The standard InChI is InChI=1S/C9H10FN/c1-6-9(10)8(4-5-11-6)7-2-3-7/h4-5,7H,2-3H2,1H3. The van der Waals surface area contributed by atoms with E-state index in [0.717, 1.165) is 18.4 Å². The third-order valence-electron chi connectivity index (χ3n) is 2.11. The van der Waals surface area contributed by atoms with Crippen LogP contribution in [0.1, 0.15) is 30.0 Å². The topological polar surface area (TPSA) is 12.9 Å². The summed E-state index contributed by atoms with van der Waals surface area (Å²) in [6.07, 6.45) is 3.97. The molecule has 0 saturated heterocycles. The molecule has 0 unspecified atom stereocenters. The summed E-state index contributed by atoms with van der Waals surface area (Å²) in [6, 6.07) is 1.79. The summed E-state index contributed by atoms with van der Waals surface area (Å²) >= 11 is 0. The number of rotatable bonds is 1. The number of aryl methyl sites for hydroxylation is 1. The summed E-state index contributed by atoms with van der Waals surface area (Å²) in [7, 11) is 0. The monoisotopic (exact) mass is 151 g/mol. The molecular formula is C9H10FN. The minimum Gasteiger partial charge on any atom is -0.259 e. The van der Waals surface area contributed by atoms with Gasteiger partial charge in [0.05, 0.1) is 5.69 Å². The molecule has 1 aromatic heterocycles. The van der Waals surface area contributed by atoms with Crippen LogP contribution < -0.4 is 0 Å². The van der Waals surface area contributed by atoms with E-state index in [0.29, 0.717) is 11.6 Å². The van der Waals surface area contributed by atoms with Crippen LogP contribution in [-0.2, 0) is 0 Å². The second-order valence-corrected chi connectivity index (χ2v) is 3.07. The Labute approximate surface area is 65.3 Å². The van der Waals surface area contributed by atoms with Crippen molar-refractivity contribution in [1.29, 1.82) is 0 Å². The van der Waals surface area contributed by atoms with Gasteiger partial charge in [0.25, 0.3) is 0 Å². The first-order valence-electron chi connectivity index (χ1n) is 3.90. The Balaban J connectivity index is 2.45. The lowest BCUT2D eigenvalue weighted by Crippen LogP contribution is -1.93. The summed E-state index contributed by atoms with van der Waals surface area (Å²) in [6.45, 7) is 1.71. The lowest BCUT2D eigenvalue weighted by Gasteiger charge is -2.00. The van der Waals surface area contributed by atoms with Crippen LogP contribution in [0.4, 0.5) is 4.39 Å². The van der Waals surface area contributed by atoms with Crippen molar-refractivity contribution in [3.05, 3.63) is 29.3 Å². The molecule has 0 aromatic carbocycles. The lowest BCUT2D eigenvalue weighted by molar-refractivity contribution is 0.593. The van der Waals surface area contributed by atoms with Gasteiger partial charge < -0.3 is 0 Å². The molecule has 11 heavy (non-hydrogen) atoms. The summed E-state index contributed by atoms with van der Waals surface area (Å²) < 4.78 is 13.2. The fourth-order valence-electron chi connectivity index (χ4n) is 1.28. The summed E-state index contributed by atoms with van der Waals surface area (Å²) in [5.41, 5.74) is 1.38. The molecule has 2 rings (SSSR count). The van der Waals surface area contributed by atoms with Gasteiger partial charge in [-0.1, -0.05) is 0 Å². The van der Waals surface area contributed by atoms with E-state index in [-0.39, 0.29) is 5.82 Å². The van der Waals surface area contributed by atoms with Gasteiger partial charge in [0, 0.05) is 6.20 Å². The molecule has 0 spiro atoms. The first kappa shape index (κ1) is 6.77. The van der Waals surface area contributed by atoms with Crippen molar-refractivity contribution < 1.29 is 4.39 Å². The highest BCUT2D eigenvalue weighted by Gasteiger charge is 2.26. The van der Waals surface area contributed by atoms with Crippen LogP contribution in [0.3, 0.4) is 0 Å². The van der Waals surface area contributed by atoms with Crippen LogP contribution in [0.2, 0.25) is 0 Å². The number of halogens is 1. The van der Waals surface area contributed by atoms with Gasteiger partial charge in [-0.3, -0.25) is 4.98 Å². The zero-order chi connectivity index (χ0) is 7.84. The van der Waals surface area contributed by atoms with Crippen molar-refractivity contribution in [1.82, 2.24) is 4.98 Å². The van der Waals surface area contributed by atoms with Crippen LogP contribution in [0.5, 0.6) is 0 Å². The van der Waals surface area contributed by atoms with Crippen molar-refractivity contribution in [2.45, 2.75) is 25.7 Å². The summed E-state index contributed by atoms with van der Waals surface area (Å²) in [4.78, 5) is 3.87. The van der Waals surface area contributed by atoms with Crippen LogP contribution in [-0.4, -0.2) is 4.98 Å². The summed E-state index contributed by atoms with van der Waals surface area (Å²) in [5, 5.41) is 0. The normalized spacial score (nSPS) is 16.9. The van der Waals surface area contributed by atoms with Crippen LogP contribution in [0.25, 0.3) is 0 Å². The van der Waals surface area contributed by atoms with E-state index in [2.05, 4.69) is 4.98 Å². The SMILES string of the molecule is Cc1nccc(C2CC2)c1F. The highest BCUT2D eigenvalue weighted by atomic mass is 19.1. The van der Waals surface area contributed by atoms with Crippen molar-refractivity contribution in [3.8, 4) is 0 Å². The second kappa shape index (κ2) is 2.29. The third-order valence-corrected chi connectivity index (χ3v) is 2.11. The quantitative estimate of drug-likeness (QED) is 0.600. The number of hydrogen-bond acceptors (Lipinski definition) is 1. The van der Waals surface area contributed by atoms with E-state index >= 15 is 0 Å². The van der Waals surface area contributed by atoms with E-state index in [1.807, 2.05) is 0 Å². The maximum Gasteiger partial charge on any atom is 0.147 e. The van der Waals surface area contributed by atoms with Gasteiger partial charge >= 0.3 is 0 Å². The molecule has 1 aliphatic carbocycles. The van der Waals surface area contributed by atoms with Gasteiger partial charge in [-0.25, -0.2) is 4.39 Å². The van der Waals surface area contributed by atoms with E-state index in [1.165, 1.54) is 0 Å². The largest absolute Gasteiger partial charge is 0.259 e. The molecule has 0 amide bonds. The molecule has 2 heteroatoms. The Morgan fingerprint density at radius 3 is 2.91 bits per heavy atom. The Hall–Kier alpha value is -0.920. The highest BCUT2D eigenvalue weighted by molar-refractivity contribution is 5.25. The fourth-order valence-corrected chi connectivity index (χ4v) is 1.28. The van der Waals surface area contributed by atoms with Gasteiger partial charge in [0.15, 0.2) is 0 Å². The number of pyridine rings is 1. The van der Waals surface area contributed by atoms with Gasteiger partial charge in [-0.2, -0.15) is 0 Å². The molecule has 58 valence electrons. The minimum atomic E-state index is -0.102. The second-order valence-electron chi connectivity index (χ2n) is 3.07. The van der Waals surface area contributed by atoms with Crippen molar-refractivity contribution >= 4 is 0 Å². The maximum atomic E-state index is 13.2. The average molecular weight is 151 g/mol. The molecule has 0 atom stereocenters. The molecule has 1 aliphatic rings. The average Bonchev–Trinajstić information content (AvgIpc) is 2.77. The molecular weight excluding hydrogens is 141 g/mol. The maximum absolute atomic E-state index is 13.2. The molecule has 0 bridgehead atoms. The molecule has 1 fully saturated rings. The molecule has 1 heterocycles. The van der Waals surface area contributed by atoms with Gasteiger partial charge in [-0.15, -0.1) is 0 Å². The van der Waals surface area contributed by atoms with Gasteiger partial charge in [-0.05, 0) is 37.3 Å². The van der Waals surface area contributed by atoms with Crippen molar-refractivity contribution in [2.75, 3.05) is 0 Å². The Bertz CT molecular complexity index is 279. The van der Waals surface area contributed by atoms with E-state index < -0.39 is 0 Å². The smallest absolute Gasteiger partial charge is 0.147 e. The number of hydrogen-bond donors (Lipinski definition) is 0. The molecule has 1 nitrogen and oxygen atoms in total. The summed E-state index contributed by atoms with van der Waals surface area (Å²) in [5.74, 6) is 0.381. The van der Waals surface area contributed by atoms with Crippen LogP contribution in [0.15, 0.2) is 12.3 Å². The fraction of sp³-hybridized carbons (Fsp3) is 0.444. The minimum absolute atomic E-state index is 0.102. The van der Waals surface area contributed by atoms with E-state index in [4.69, 9.17) is 0 Å². The molecule has 1 saturated carbocycles. The zero-order valence-electron chi connectivity index (χ0n) is 6.47. The predicted molar refractivity (Wildman–Crippen MR) is 40.9 cm³/mol. The molecule has 0 N–H and O–H groups in total. The zero-order valence-corrected chi connectivity index (χ0v) is 6.47. The molecule has 0 aliphatic heterocycles. The Morgan fingerprint density at radius 1 is 1.55 bits per heavy atom. The predicted octanol–water partition coefficient (Wildman–Crippen LogP) is 2.41. The van der Waals surface area contributed by atoms with Gasteiger partial charge in [0.2, 0.25) is 0 Å². The Morgan fingerprint density at radius 2 is 2.27 bits per heavy atom. The first-order chi connectivity index (χ1) is 5.29. The lowest BCUT2D eigenvalue weighted by atomic mass is 10.1. The molecule has 1 aromatic rings. The van der Waals surface area contributed by atoms with Crippen molar-refractivity contribution in [3.63, 3.8) is 0 Å². The number of nitrogens with zero attached hydrogens (tertiary/aromatic N) is 1. The number of aromatic nitrogens is 1. The Kier molecular flexibility index (Phi) is 1.41. The van der Waals surface area contributed by atoms with Crippen LogP contribution in [0, 0.1) is 12.7 Å². The third kappa shape index (κ3) is 1.13. The molecule has 0 radical (unpaired) electrons. The van der Waals surface area contributed by atoms with E-state index in [1.54, 1.807) is 19.2 Å². The van der Waals surface area contributed by atoms with Crippen LogP contribution >= 0.6 is 0 Å². The highest BCUT2D eigenvalue weighted by Crippen LogP contribution is 2.41. The van der Waals surface area contributed by atoms with Crippen molar-refractivity contribution in [2.24, 2.45) is 0 Å². The van der Waals surface area contributed by atoms with E-state index in [9.17, 15) is 4.39 Å². The van der Waals surface area contributed by atoms with Gasteiger partial charge in [0.1, 0.15) is 5.82 Å². The first-order valence-corrected chi connectivity index (χ1v) is 3.90.